The SMILES string of the molecule is CCOC(=O)c1c(C)c2c(nc3ccc(C)cn32)c2c(C(C(C)=O)C(=O)OCC)cc(Cl)cc12. The Morgan fingerprint density at radius 2 is 1.79 bits per heavy atom. The smallest absolute Gasteiger partial charge is 0.339 e. The van der Waals surface area contributed by atoms with Gasteiger partial charge in [-0.1, -0.05) is 17.7 Å². The maximum atomic E-state index is 13.2. The second kappa shape index (κ2) is 9.06. The number of benzene rings is 2. The Balaban J connectivity index is 2.27. The third kappa shape index (κ3) is 3.80. The van der Waals surface area contributed by atoms with Crippen molar-refractivity contribution in [1.82, 2.24) is 9.38 Å². The van der Waals surface area contributed by atoms with E-state index in [4.69, 9.17) is 26.1 Å². The summed E-state index contributed by atoms with van der Waals surface area (Å²) in [4.78, 5) is 43.6. The van der Waals surface area contributed by atoms with Gasteiger partial charge < -0.3 is 9.47 Å². The van der Waals surface area contributed by atoms with Gasteiger partial charge in [0.15, 0.2) is 0 Å². The lowest BCUT2D eigenvalue weighted by Crippen LogP contribution is -2.23. The maximum absolute atomic E-state index is 13.2. The molecule has 0 aliphatic rings. The number of ether oxygens (including phenoxy) is 2. The van der Waals surface area contributed by atoms with Crippen LogP contribution in [0, 0.1) is 13.8 Å². The van der Waals surface area contributed by atoms with Gasteiger partial charge in [0, 0.05) is 22.0 Å². The van der Waals surface area contributed by atoms with Crippen LogP contribution in [0.3, 0.4) is 0 Å². The summed E-state index contributed by atoms with van der Waals surface area (Å²) >= 11 is 6.47. The van der Waals surface area contributed by atoms with E-state index < -0.39 is 23.6 Å². The highest BCUT2D eigenvalue weighted by atomic mass is 35.5. The summed E-state index contributed by atoms with van der Waals surface area (Å²) < 4.78 is 12.5. The fourth-order valence-corrected chi connectivity index (χ4v) is 4.75. The number of ketones is 1. The van der Waals surface area contributed by atoms with E-state index in [1.807, 2.05) is 36.6 Å². The second-order valence-corrected chi connectivity index (χ2v) is 8.61. The van der Waals surface area contributed by atoms with Crippen molar-refractivity contribution in [2.24, 2.45) is 0 Å². The van der Waals surface area contributed by atoms with E-state index >= 15 is 0 Å². The van der Waals surface area contributed by atoms with Gasteiger partial charge in [0.25, 0.3) is 0 Å². The molecular weight excluding hydrogens is 456 g/mol. The van der Waals surface area contributed by atoms with Gasteiger partial charge in [-0.15, -0.1) is 0 Å². The summed E-state index contributed by atoms with van der Waals surface area (Å²) in [5, 5.41) is 1.26. The molecule has 2 heterocycles. The van der Waals surface area contributed by atoms with Crippen LogP contribution in [0.25, 0.3) is 27.5 Å². The number of esters is 2. The van der Waals surface area contributed by atoms with Gasteiger partial charge in [0.2, 0.25) is 0 Å². The third-order valence-corrected chi connectivity index (χ3v) is 6.07. The Morgan fingerprint density at radius 3 is 2.44 bits per heavy atom. The van der Waals surface area contributed by atoms with Crippen LogP contribution in [-0.4, -0.2) is 40.3 Å². The fourth-order valence-electron chi connectivity index (χ4n) is 4.52. The number of aryl methyl sites for hydroxylation is 2. The van der Waals surface area contributed by atoms with Crippen molar-refractivity contribution >= 4 is 56.8 Å². The van der Waals surface area contributed by atoms with Crippen LogP contribution in [0.1, 0.15) is 53.7 Å². The molecular formula is C26H25ClN2O5. The molecule has 0 spiro atoms. The maximum Gasteiger partial charge on any atom is 0.339 e. The van der Waals surface area contributed by atoms with Crippen molar-refractivity contribution in [3.05, 3.63) is 57.7 Å². The average Bonchev–Trinajstić information content (AvgIpc) is 3.12. The zero-order valence-corrected chi connectivity index (χ0v) is 20.4. The first-order valence-electron chi connectivity index (χ1n) is 11.1. The van der Waals surface area contributed by atoms with Crippen molar-refractivity contribution in [2.75, 3.05) is 13.2 Å². The first-order chi connectivity index (χ1) is 16.2. The van der Waals surface area contributed by atoms with E-state index in [0.29, 0.717) is 44.1 Å². The molecule has 1 unspecified atom stereocenters. The Hall–Kier alpha value is -3.45. The van der Waals surface area contributed by atoms with Gasteiger partial charge >= 0.3 is 11.9 Å². The van der Waals surface area contributed by atoms with E-state index in [9.17, 15) is 14.4 Å². The highest BCUT2D eigenvalue weighted by molar-refractivity contribution is 6.33. The molecule has 0 radical (unpaired) electrons. The van der Waals surface area contributed by atoms with Crippen LogP contribution in [0.15, 0.2) is 30.5 Å². The number of halogens is 1. The molecule has 176 valence electrons. The Kier molecular flexibility index (Phi) is 6.32. The lowest BCUT2D eigenvalue weighted by atomic mass is 9.87. The van der Waals surface area contributed by atoms with Crippen molar-refractivity contribution < 1.29 is 23.9 Å². The first-order valence-corrected chi connectivity index (χ1v) is 11.5. The molecule has 2 aromatic heterocycles. The van der Waals surface area contributed by atoms with Gasteiger partial charge in [-0.05, 0) is 69.5 Å². The molecule has 4 aromatic rings. The van der Waals surface area contributed by atoms with Gasteiger partial charge in [0.05, 0.1) is 29.8 Å². The average molecular weight is 481 g/mol. The molecule has 0 amide bonds. The standard InChI is InChI=1S/C26H25ClN2O5/c1-6-33-25(31)20-14(4)24-23(28-19-9-8-13(3)12-29(19)24)22-17(20)10-16(27)11-18(22)21(15(5)30)26(32)34-7-2/h8-12,21H,6-7H2,1-5H3. The molecule has 0 fully saturated rings. The molecule has 4 rings (SSSR count). The molecule has 0 saturated heterocycles. The summed E-state index contributed by atoms with van der Waals surface area (Å²) in [5.41, 5.74) is 4.28. The van der Waals surface area contributed by atoms with Crippen LogP contribution in [0.2, 0.25) is 5.02 Å². The predicted molar refractivity (Wildman–Crippen MR) is 131 cm³/mol. The molecule has 1 atom stereocenters. The van der Waals surface area contributed by atoms with E-state index in [2.05, 4.69) is 0 Å². The van der Waals surface area contributed by atoms with Crippen LogP contribution in [-0.2, 0) is 19.1 Å². The summed E-state index contributed by atoms with van der Waals surface area (Å²) in [6.45, 7) is 8.85. The highest BCUT2D eigenvalue weighted by Gasteiger charge is 2.32. The van der Waals surface area contributed by atoms with E-state index in [-0.39, 0.29) is 18.2 Å². The minimum atomic E-state index is -1.21. The van der Waals surface area contributed by atoms with Gasteiger partial charge in [-0.3, -0.25) is 14.0 Å². The number of hydrogen-bond donors (Lipinski definition) is 0. The van der Waals surface area contributed by atoms with Crippen molar-refractivity contribution in [3.8, 4) is 0 Å². The first kappa shape index (κ1) is 23.7. The van der Waals surface area contributed by atoms with Crippen molar-refractivity contribution in [3.63, 3.8) is 0 Å². The number of Topliss-reactive ketones (excluding diaryl/α,β-unsaturated/α-hetero) is 1. The molecule has 8 heteroatoms. The third-order valence-electron chi connectivity index (χ3n) is 5.86. The van der Waals surface area contributed by atoms with Crippen LogP contribution in [0.5, 0.6) is 0 Å². The lowest BCUT2D eigenvalue weighted by molar-refractivity contribution is -0.147. The van der Waals surface area contributed by atoms with Crippen LogP contribution >= 0.6 is 11.6 Å². The number of rotatable bonds is 6. The number of hydrogen-bond acceptors (Lipinski definition) is 6. The number of nitrogens with zero attached hydrogens (tertiary/aromatic N) is 2. The van der Waals surface area contributed by atoms with Crippen molar-refractivity contribution in [1.29, 1.82) is 0 Å². The lowest BCUT2D eigenvalue weighted by Gasteiger charge is -2.19. The quantitative estimate of drug-likeness (QED) is 0.274. The Bertz CT molecular complexity index is 1490. The zero-order valence-electron chi connectivity index (χ0n) is 19.7. The molecule has 7 nitrogen and oxygen atoms in total. The van der Waals surface area contributed by atoms with Gasteiger partial charge in [-0.25, -0.2) is 9.78 Å². The number of carbonyl (C=O) groups is 3. The number of fused-ring (bicyclic) bond motifs is 5. The molecule has 0 aliphatic heterocycles. The van der Waals surface area contributed by atoms with Crippen molar-refractivity contribution in [2.45, 2.75) is 40.5 Å². The number of imidazole rings is 1. The van der Waals surface area contributed by atoms with Gasteiger partial charge in [0.1, 0.15) is 17.3 Å². The summed E-state index contributed by atoms with van der Waals surface area (Å²) in [5.74, 6) is -2.80. The van der Waals surface area contributed by atoms with E-state index in [0.717, 1.165) is 5.56 Å². The summed E-state index contributed by atoms with van der Waals surface area (Å²) in [6.07, 6.45) is 1.93. The monoisotopic (exact) mass is 480 g/mol. The predicted octanol–water partition coefficient (Wildman–Crippen LogP) is 5.32. The molecule has 34 heavy (non-hydrogen) atoms. The van der Waals surface area contributed by atoms with Crippen LogP contribution < -0.4 is 0 Å². The number of carbonyl (C=O) groups excluding carboxylic acids is 3. The molecule has 0 N–H and O–H groups in total. The Morgan fingerprint density at radius 1 is 1.09 bits per heavy atom. The largest absolute Gasteiger partial charge is 0.465 e. The number of pyridine rings is 1. The summed E-state index contributed by atoms with van der Waals surface area (Å²) in [6, 6.07) is 7.05. The minimum absolute atomic E-state index is 0.122. The van der Waals surface area contributed by atoms with E-state index in [1.54, 1.807) is 26.0 Å². The van der Waals surface area contributed by atoms with E-state index in [1.165, 1.54) is 6.92 Å². The highest BCUT2D eigenvalue weighted by Crippen LogP contribution is 2.40. The zero-order chi connectivity index (χ0) is 24.7. The van der Waals surface area contributed by atoms with Gasteiger partial charge in [-0.2, -0.15) is 0 Å². The molecule has 0 aliphatic carbocycles. The Labute approximate surface area is 201 Å². The topological polar surface area (TPSA) is 87.0 Å². The minimum Gasteiger partial charge on any atom is -0.465 e. The summed E-state index contributed by atoms with van der Waals surface area (Å²) in [7, 11) is 0. The number of aromatic nitrogens is 2. The molecule has 0 saturated carbocycles. The molecule has 0 bridgehead atoms. The molecule has 2 aromatic carbocycles. The second-order valence-electron chi connectivity index (χ2n) is 8.18. The fraction of sp³-hybridized carbons (Fsp3) is 0.308. The normalized spacial score (nSPS) is 12.3. The van der Waals surface area contributed by atoms with Crippen LogP contribution in [0.4, 0.5) is 0 Å².